The molecular weight excluding hydrogens is 322 g/mol. The number of fused-ring (bicyclic) bond motifs is 2. The lowest BCUT2D eigenvalue weighted by Gasteiger charge is -2.18. The first-order valence-corrected chi connectivity index (χ1v) is 8.81. The maximum Gasteiger partial charge on any atom is 0.121 e. The van der Waals surface area contributed by atoms with Crippen molar-refractivity contribution < 1.29 is 5.11 Å². The second-order valence-electron chi connectivity index (χ2n) is 5.61. The van der Waals surface area contributed by atoms with Crippen LogP contribution in [0.3, 0.4) is 0 Å². The Kier molecular flexibility index (Phi) is 4.13. The van der Waals surface area contributed by atoms with Gasteiger partial charge >= 0.3 is 0 Å². The first-order valence-electron chi connectivity index (χ1n) is 7.99. The summed E-state index contributed by atoms with van der Waals surface area (Å²) in [6, 6.07) is 8.20. The topological polar surface area (TPSA) is 75.0 Å². The van der Waals surface area contributed by atoms with Crippen molar-refractivity contribution in [2.45, 2.75) is 16.3 Å². The highest BCUT2D eigenvalue weighted by Gasteiger charge is 2.26. The minimum absolute atomic E-state index is 0.106. The van der Waals surface area contributed by atoms with Crippen molar-refractivity contribution in [2.24, 2.45) is 0 Å². The molecular formula is C17H19N5OS. The maximum absolute atomic E-state index is 9.13. The van der Waals surface area contributed by atoms with E-state index >= 15 is 0 Å². The van der Waals surface area contributed by atoms with E-state index < -0.39 is 0 Å². The standard InChI is InChI=1S/C17H19N5OS/c1-18-7-9-22-12-5-4-11(19-8-10-23)17-14(12)16(21-22)15-13(24-17)3-2-6-20-15/h2-6,18-19,23H,7-10H2,1H3. The fourth-order valence-corrected chi connectivity index (χ4v) is 4.16. The highest BCUT2D eigenvalue weighted by molar-refractivity contribution is 8.00. The fourth-order valence-electron chi connectivity index (χ4n) is 2.99. The van der Waals surface area contributed by atoms with Crippen molar-refractivity contribution in [2.75, 3.05) is 32.1 Å². The molecule has 6 nitrogen and oxygen atoms in total. The van der Waals surface area contributed by atoms with Crippen molar-refractivity contribution in [3.63, 3.8) is 0 Å². The Labute approximate surface area is 144 Å². The number of rotatable bonds is 6. The van der Waals surface area contributed by atoms with Gasteiger partial charge in [0.15, 0.2) is 0 Å². The third-order valence-corrected chi connectivity index (χ3v) is 5.26. The molecule has 1 aromatic carbocycles. The molecule has 0 aliphatic carbocycles. The molecule has 0 radical (unpaired) electrons. The largest absolute Gasteiger partial charge is 0.395 e. The Morgan fingerprint density at radius 2 is 2.12 bits per heavy atom. The lowest BCUT2D eigenvalue weighted by molar-refractivity contribution is 0.311. The van der Waals surface area contributed by atoms with Crippen LogP contribution in [0.5, 0.6) is 0 Å². The Morgan fingerprint density at radius 1 is 1.21 bits per heavy atom. The third kappa shape index (κ3) is 2.45. The Bertz CT molecular complexity index is 892. The van der Waals surface area contributed by atoms with Crippen molar-refractivity contribution in [1.82, 2.24) is 20.1 Å². The number of nitrogens with zero attached hydrogens (tertiary/aromatic N) is 3. The van der Waals surface area contributed by atoms with Gasteiger partial charge in [0.25, 0.3) is 0 Å². The van der Waals surface area contributed by atoms with Gasteiger partial charge in [0, 0.05) is 40.2 Å². The molecule has 0 fully saturated rings. The minimum atomic E-state index is 0.106. The second-order valence-corrected chi connectivity index (χ2v) is 6.67. The van der Waals surface area contributed by atoms with E-state index in [0.717, 1.165) is 50.9 Å². The predicted octanol–water partition coefficient (Wildman–Crippen LogP) is 2.19. The summed E-state index contributed by atoms with van der Waals surface area (Å²) in [5.74, 6) is 0. The van der Waals surface area contributed by atoms with Gasteiger partial charge in [0.1, 0.15) is 11.4 Å². The van der Waals surface area contributed by atoms with E-state index in [1.54, 1.807) is 11.8 Å². The van der Waals surface area contributed by atoms with E-state index in [-0.39, 0.29) is 6.61 Å². The first-order chi connectivity index (χ1) is 11.8. The summed E-state index contributed by atoms with van der Waals surface area (Å²) in [7, 11) is 1.94. The first kappa shape index (κ1) is 15.4. The number of aliphatic hydroxyl groups excluding tert-OH is 1. The fraction of sp³-hybridized carbons (Fsp3) is 0.294. The molecule has 0 amide bonds. The van der Waals surface area contributed by atoms with Crippen LogP contribution in [0.4, 0.5) is 5.69 Å². The summed E-state index contributed by atoms with van der Waals surface area (Å²) in [5.41, 5.74) is 4.04. The van der Waals surface area contributed by atoms with E-state index in [2.05, 4.69) is 33.8 Å². The molecule has 24 heavy (non-hydrogen) atoms. The monoisotopic (exact) mass is 341 g/mol. The van der Waals surface area contributed by atoms with Crippen LogP contribution >= 0.6 is 11.8 Å². The number of anilines is 1. The van der Waals surface area contributed by atoms with Crippen molar-refractivity contribution in [3.8, 4) is 11.4 Å². The lowest BCUT2D eigenvalue weighted by atomic mass is 10.1. The molecule has 2 aromatic heterocycles. The average Bonchev–Trinajstić information content (AvgIpc) is 2.99. The summed E-state index contributed by atoms with van der Waals surface area (Å²) >= 11 is 1.71. The molecule has 3 N–H and O–H groups in total. The van der Waals surface area contributed by atoms with Crippen LogP contribution in [0.25, 0.3) is 22.3 Å². The second kappa shape index (κ2) is 6.43. The number of aromatic nitrogens is 3. The molecule has 0 spiro atoms. The summed E-state index contributed by atoms with van der Waals surface area (Å²) in [5, 5.41) is 21.6. The summed E-state index contributed by atoms with van der Waals surface area (Å²) in [6.45, 7) is 2.30. The maximum atomic E-state index is 9.13. The van der Waals surface area contributed by atoms with Crippen LogP contribution in [0, 0.1) is 0 Å². The molecule has 0 saturated heterocycles. The Hall–Kier alpha value is -2.09. The van der Waals surface area contributed by atoms with Crippen LogP contribution < -0.4 is 10.6 Å². The quantitative estimate of drug-likeness (QED) is 0.499. The zero-order valence-corrected chi connectivity index (χ0v) is 14.2. The van der Waals surface area contributed by atoms with Crippen LogP contribution in [0.1, 0.15) is 0 Å². The number of nitrogens with one attached hydrogen (secondary N) is 2. The van der Waals surface area contributed by atoms with Gasteiger partial charge in [-0.15, -0.1) is 0 Å². The third-order valence-electron chi connectivity index (χ3n) is 4.08. The summed E-state index contributed by atoms with van der Waals surface area (Å²) in [6.07, 6.45) is 1.82. The number of pyridine rings is 1. The van der Waals surface area contributed by atoms with Crippen LogP contribution in [0.15, 0.2) is 40.3 Å². The van der Waals surface area contributed by atoms with Gasteiger partial charge in [-0.05, 0) is 31.3 Å². The van der Waals surface area contributed by atoms with Crippen LogP contribution in [-0.4, -0.2) is 46.6 Å². The molecule has 0 atom stereocenters. The minimum Gasteiger partial charge on any atom is -0.395 e. The molecule has 4 rings (SSSR count). The molecule has 1 aliphatic rings. The van der Waals surface area contributed by atoms with Crippen molar-refractivity contribution >= 4 is 28.4 Å². The Balaban J connectivity index is 1.93. The molecule has 0 bridgehead atoms. The van der Waals surface area contributed by atoms with Crippen molar-refractivity contribution in [1.29, 1.82) is 0 Å². The SMILES string of the molecule is CNCCn1nc2c3c(c(NCCO)ccc31)Sc1cccnc1-2. The number of benzene rings is 1. The van der Waals surface area contributed by atoms with Gasteiger partial charge < -0.3 is 15.7 Å². The number of aliphatic hydroxyl groups is 1. The molecule has 0 saturated carbocycles. The zero-order valence-electron chi connectivity index (χ0n) is 13.4. The molecule has 7 heteroatoms. The average molecular weight is 341 g/mol. The Morgan fingerprint density at radius 3 is 2.96 bits per heavy atom. The highest BCUT2D eigenvalue weighted by Crippen LogP contribution is 2.49. The van der Waals surface area contributed by atoms with Crippen LogP contribution in [0.2, 0.25) is 0 Å². The number of likely N-dealkylation sites (N-methyl/N-ethyl adjacent to an activating group) is 1. The molecule has 1 aliphatic heterocycles. The predicted molar refractivity (Wildman–Crippen MR) is 96.6 cm³/mol. The van der Waals surface area contributed by atoms with Gasteiger partial charge in [0.05, 0.1) is 18.7 Å². The molecule has 0 unspecified atom stereocenters. The highest BCUT2D eigenvalue weighted by atomic mass is 32.2. The summed E-state index contributed by atoms with van der Waals surface area (Å²) in [4.78, 5) is 6.83. The molecule has 124 valence electrons. The van der Waals surface area contributed by atoms with E-state index in [1.165, 1.54) is 0 Å². The van der Waals surface area contributed by atoms with Crippen molar-refractivity contribution in [3.05, 3.63) is 30.5 Å². The van der Waals surface area contributed by atoms with E-state index in [1.807, 2.05) is 24.0 Å². The lowest BCUT2D eigenvalue weighted by Crippen LogP contribution is -2.15. The van der Waals surface area contributed by atoms with E-state index in [0.29, 0.717) is 6.54 Å². The normalized spacial score (nSPS) is 12.4. The van der Waals surface area contributed by atoms with Gasteiger partial charge in [-0.25, -0.2) is 0 Å². The van der Waals surface area contributed by atoms with Gasteiger partial charge in [-0.1, -0.05) is 11.8 Å². The van der Waals surface area contributed by atoms with Gasteiger partial charge in [-0.2, -0.15) is 5.10 Å². The van der Waals surface area contributed by atoms with E-state index in [4.69, 9.17) is 10.2 Å². The zero-order chi connectivity index (χ0) is 16.5. The van der Waals surface area contributed by atoms with Gasteiger partial charge in [0.2, 0.25) is 0 Å². The van der Waals surface area contributed by atoms with E-state index in [9.17, 15) is 0 Å². The smallest absolute Gasteiger partial charge is 0.121 e. The molecule has 3 aromatic rings. The van der Waals surface area contributed by atoms with Gasteiger partial charge in [-0.3, -0.25) is 9.67 Å². The number of hydrogen-bond acceptors (Lipinski definition) is 6. The molecule has 3 heterocycles. The number of hydrogen-bond donors (Lipinski definition) is 3. The van der Waals surface area contributed by atoms with Crippen LogP contribution in [-0.2, 0) is 6.54 Å². The summed E-state index contributed by atoms with van der Waals surface area (Å²) < 4.78 is 2.05.